The van der Waals surface area contributed by atoms with E-state index in [1.165, 1.54) is 6.42 Å². The van der Waals surface area contributed by atoms with Crippen LogP contribution in [-0.4, -0.2) is 54.4 Å². The Balaban J connectivity index is 1.58. The fraction of sp³-hybridized carbons (Fsp3) is 0.857. The van der Waals surface area contributed by atoms with Crippen LogP contribution in [0, 0.1) is 11.8 Å². The van der Waals surface area contributed by atoms with Crippen molar-refractivity contribution >= 4 is 12.0 Å². The third-order valence-corrected chi connectivity index (χ3v) is 4.31. The predicted octanol–water partition coefficient (Wildman–Crippen LogP) is 1.31. The van der Waals surface area contributed by atoms with Crippen molar-refractivity contribution < 1.29 is 19.4 Å². The zero-order chi connectivity index (χ0) is 14.5. The fourth-order valence-corrected chi connectivity index (χ4v) is 2.68. The van der Waals surface area contributed by atoms with Gasteiger partial charge in [-0.05, 0) is 25.7 Å². The first-order valence-electron chi connectivity index (χ1n) is 7.45. The van der Waals surface area contributed by atoms with Gasteiger partial charge in [-0.25, -0.2) is 4.79 Å². The molecule has 2 rings (SSSR count). The van der Waals surface area contributed by atoms with Gasteiger partial charge in [0.05, 0.1) is 12.0 Å². The number of nitrogens with zero attached hydrogens (tertiary/aromatic N) is 1. The van der Waals surface area contributed by atoms with Crippen molar-refractivity contribution in [2.45, 2.75) is 38.7 Å². The summed E-state index contributed by atoms with van der Waals surface area (Å²) in [4.78, 5) is 24.3. The topological polar surface area (TPSA) is 78.9 Å². The van der Waals surface area contributed by atoms with Crippen LogP contribution >= 0.6 is 0 Å². The molecule has 0 aromatic carbocycles. The van der Waals surface area contributed by atoms with E-state index in [0.717, 1.165) is 25.9 Å². The van der Waals surface area contributed by atoms with Crippen LogP contribution in [0.5, 0.6) is 0 Å². The summed E-state index contributed by atoms with van der Waals surface area (Å²) in [5.41, 5.74) is 0. The average Bonchev–Trinajstić information content (AvgIpc) is 2.38. The maximum Gasteiger partial charge on any atom is 0.317 e. The number of amides is 2. The quantitative estimate of drug-likeness (QED) is 0.798. The van der Waals surface area contributed by atoms with Gasteiger partial charge in [0.25, 0.3) is 0 Å². The van der Waals surface area contributed by atoms with Crippen molar-refractivity contribution in [1.82, 2.24) is 10.2 Å². The highest BCUT2D eigenvalue weighted by molar-refractivity contribution is 5.76. The van der Waals surface area contributed by atoms with E-state index in [2.05, 4.69) is 5.32 Å². The van der Waals surface area contributed by atoms with Gasteiger partial charge in [-0.2, -0.15) is 0 Å². The van der Waals surface area contributed by atoms with Crippen molar-refractivity contribution in [3.05, 3.63) is 0 Å². The van der Waals surface area contributed by atoms with Crippen LogP contribution in [0.25, 0.3) is 0 Å². The standard InChI is InChI=1S/C14H24N2O4/c1-10(13(17)18)11-8-16(9-11)14(19)15-6-5-12-4-2-3-7-20-12/h10-12H,2-9H2,1H3,(H,15,19)(H,17,18). The van der Waals surface area contributed by atoms with Crippen molar-refractivity contribution in [3.8, 4) is 0 Å². The summed E-state index contributed by atoms with van der Waals surface area (Å²) in [6.45, 7) is 4.24. The van der Waals surface area contributed by atoms with E-state index in [1.54, 1.807) is 11.8 Å². The molecule has 2 fully saturated rings. The number of carboxylic acid groups (broad SMARTS) is 1. The minimum absolute atomic E-state index is 0.0833. The lowest BCUT2D eigenvalue weighted by Crippen LogP contribution is -2.56. The first kappa shape index (κ1) is 15.1. The minimum atomic E-state index is -0.787. The molecule has 2 aliphatic heterocycles. The second-order valence-electron chi connectivity index (χ2n) is 5.80. The van der Waals surface area contributed by atoms with Gasteiger partial charge in [-0.15, -0.1) is 0 Å². The molecule has 6 nitrogen and oxygen atoms in total. The number of nitrogens with one attached hydrogen (secondary N) is 1. The molecular weight excluding hydrogens is 260 g/mol. The number of aliphatic carboxylic acids is 1. The van der Waals surface area contributed by atoms with Gasteiger partial charge in [0, 0.05) is 32.2 Å². The molecule has 0 saturated carbocycles. The lowest BCUT2D eigenvalue weighted by Gasteiger charge is -2.41. The first-order chi connectivity index (χ1) is 9.58. The SMILES string of the molecule is CC(C(=O)O)C1CN(C(=O)NCCC2CCCCO2)C1. The van der Waals surface area contributed by atoms with Crippen LogP contribution in [0.4, 0.5) is 4.79 Å². The molecule has 0 radical (unpaired) electrons. The number of carboxylic acids is 1. The molecular formula is C14H24N2O4. The summed E-state index contributed by atoms with van der Waals surface area (Å²) in [6.07, 6.45) is 4.56. The van der Waals surface area contributed by atoms with Crippen LogP contribution in [0.3, 0.4) is 0 Å². The molecule has 2 heterocycles. The normalized spacial score (nSPS) is 24.9. The first-order valence-corrected chi connectivity index (χ1v) is 7.45. The second kappa shape index (κ2) is 6.92. The van der Waals surface area contributed by atoms with Gasteiger partial charge in [0.15, 0.2) is 0 Å². The number of carbonyl (C=O) groups is 2. The molecule has 0 aromatic rings. The number of likely N-dealkylation sites (tertiary alicyclic amines) is 1. The molecule has 0 spiro atoms. The van der Waals surface area contributed by atoms with Crippen LogP contribution in [0.2, 0.25) is 0 Å². The number of rotatable bonds is 5. The smallest absolute Gasteiger partial charge is 0.317 e. The van der Waals surface area contributed by atoms with Gasteiger partial charge in [-0.3, -0.25) is 4.79 Å². The van der Waals surface area contributed by atoms with Crippen molar-refractivity contribution in [2.75, 3.05) is 26.2 Å². The Kier molecular flexibility index (Phi) is 5.23. The molecule has 2 amide bonds. The minimum Gasteiger partial charge on any atom is -0.481 e. The molecule has 0 bridgehead atoms. The number of urea groups is 1. The van der Waals surface area contributed by atoms with Gasteiger partial charge in [-0.1, -0.05) is 6.92 Å². The van der Waals surface area contributed by atoms with E-state index in [0.29, 0.717) is 19.6 Å². The molecule has 2 atom stereocenters. The zero-order valence-corrected chi connectivity index (χ0v) is 12.0. The van der Waals surface area contributed by atoms with Crippen molar-refractivity contribution in [2.24, 2.45) is 11.8 Å². The summed E-state index contributed by atoms with van der Waals surface area (Å²) < 4.78 is 5.61. The molecule has 2 saturated heterocycles. The Morgan fingerprint density at radius 1 is 1.40 bits per heavy atom. The molecule has 2 N–H and O–H groups in total. The van der Waals surface area contributed by atoms with Gasteiger partial charge < -0.3 is 20.1 Å². The molecule has 0 aromatic heterocycles. The molecule has 20 heavy (non-hydrogen) atoms. The lowest BCUT2D eigenvalue weighted by molar-refractivity contribution is -0.144. The maximum absolute atomic E-state index is 11.8. The largest absolute Gasteiger partial charge is 0.481 e. The van der Waals surface area contributed by atoms with E-state index >= 15 is 0 Å². The highest BCUT2D eigenvalue weighted by atomic mass is 16.5. The monoisotopic (exact) mass is 284 g/mol. The van der Waals surface area contributed by atoms with E-state index in [4.69, 9.17) is 9.84 Å². The average molecular weight is 284 g/mol. The van der Waals surface area contributed by atoms with E-state index < -0.39 is 5.97 Å². The Bertz CT molecular complexity index is 349. The molecule has 6 heteroatoms. The fourth-order valence-electron chi connectivity index (χ4n) is 2.68. The Hall–Kier alpha value is -1.30. The van der Waals surface area contributed by atoms with Gasteiger partial charge in [0.2, 0.25) is 0 Å². The number of hydrogen-bond acceptors (Lipinski definition) is 3. The summed E-state index contributed by atoms with van der Waals surface area (Å²) >= 11 is 0. The van der Waals surface area contributed by atoms with Crippen LogP contribution in [0.15, 0.2) is 0 Å². The number of ether oxygens (including phenoxy) is 1. The molecule has 114 valence electrons. The third kappa shape index (κ3) is 3.85. The highest BCUT2D eigenvalue weighted by Gasteiger charge is 2.37. The third-order valence-electron chi connectivity index (χ3n) is 4.31. The maximum atomic E-state index is 11.8. The lowest BCUT2D eigenvalue weighted by atomic mass is 9.87. The van der Waals surface area contributed by atoms with Crippen LogP contribution in [-0.2, 0) is 9.53 Å². The summed E-state index contributed by atoms with van der Waals surface area (Å²) in [5, 5.41) is 11.8. The van der Waals surface area contributed by atoms with Gasteiger partial charge in [0.1, 0.15) is 0 Å². The Morgan fingerprint density at radius 2 is 2.15 bits per heavy atom. The van der Waals surface area contributed by atoms with Crippen molar-refractivity contribution in [3.63, 3.8) is 0 Å². The summed E-state index contributed by atoms with van der Waals surface area (Å²) in [5.74, 6) is -1.08. The van der Waals surface area contributed by atoms with Crippen LogP contribution < -0.4 is 5.32 Å². The van der Waals surface area contributed by atoms with E-state index in [-0.39, 0.29) is 24.0 Å². The Labute approximate surface area is 119 Å². The number of hydrogen-bond donors (Lipinski definition) is 2. The summed E-state index contributed by atoms with van der Waals surface area (Å²) in [6, 6.07) is -0.0883. The zero-order valence-electron chi connectivity index (χ0n) is 12.0. The summed E-state index contributed by atoms with van der Waals surface area (Å²) in [7, 11) is 0. The van der Waals surface area contributed by atoms with Crippen LogP contribution in [0.1, 0.15) is 32.6 Å². The van der Waals surface area contributed by atoms with Gasteiger partial charge >= 0.3 is 12.0 Å². The number of carbonyl (C=O) groups excluding carboxylic acids is 1. The molecule has 2 unspecified atom stereocenters. The Morgan fingerprint density at radius 3 is 2.75 bits per heavy atom. The highest BCUT2D eigenvalue weighted by Crippen LogP contribution is 2.24. The van der Waals surface area contributed by atoms with E-state index in [9.17, 15) is 9.59 Å². The predicted molar refractivity (Wildman–Crippen MR) is 73.5 cm³/mol. The molecule has 0 aliphatic carbocycles. The second-order valence-corrected chi connectivity index (χ2v) is 5.80. The van der Waals surface area contributed by atoms with Crippen molar-refractivity contribution in [1.29, 1.82) is 0 Å². The van der Waals surface area contributed by atoms with E-state index in [1.807, 2.05) is 0 Å². The molecule has 2 aliphatic rings.